The molecule has 3 aliphatic rings. The van der Waals surface area contributed by atoms with Crippen molar-refractivity contribution in [3.63, 3.8) is 0 Å². The van der Waals surface area contributed by atoms with Gasteiger partial charge in [-0.25, -0.2) is 0 Å². The second-order valence-electron chi connectivity index (χ2n) is 13.7. The van der Waals surface area contributed by atoms with Gasteiger partial charge in [0.05, 0.1) is 11.5 Å². The number of non-ortho nitro benzene ring substituents is 1. The monoisotopic (exact) mass is 598 g/mol. The van der Waals surface area contributed by atoms with Gasteiger partial charge in [-0.3, -0.25) is 19.7 Å². The van der Waals surface area contributed by atoms with Crippen LogP contribution in [0.3, 0.4) is 0 Å². The number of hydrogen-bond donors (Lipinski definition) is 0. The van der Waals surface area contributed by atoms with Crippen molar-refractivity contribution in [2.75, 3.05) is 13.7 Å². The van der Waals surface area contributed by atoms with E-state index in [9.17, 15) is 19.7 Å². The second-order valence-corrected chi connectivity index (χ2v) is 13.7. The van der Waals surface area contributed by atoms with Gasteiger partial charge in [-0.05, 0) is 66.3 Å². The smallest absolute Gasteiger partial charge is 0.269 e. The van der Waals surface area contributed by atoms with Gasteiger partial charge in [-0.1, -0.05) is 39.8 Å². The minimum Gasteiger partial charge on any atom is -0.490 e. The number of nitrogens with zero attached hydrogens (tertiary/aromatic N) is 2. The molecule has 0 aromatic heterocycles. The molecule has 0 radical (unpaired) electrons. The summed E-state index contributed by atoms with van der Waals surface area (Å²) in [6.45, 7) is 14.9. The van der Waals surface area contributed by atoms with Crippen LogP contribution in [0.1, 0.15) is 82.9 Å². The van der Waals surface area contributed by atoms with Gasteiger partial charge in [-0.15, -0.1) is 6.58 Å². The molecule has 44 heavy (non-hydrogen) atoms. The Hall–Kier alpha value is -4.20. The lowest BCUT2D eigenvalue weighted by molar-refractivity contribution is -0.384. The van der Waals surface area contributed by atoms with Crippen LogP contribution in [-0.4, -0.2) is 35.0 Å². The van der Waals surface area contributed by atoms with Crippen LogP contribution in [0.5, 0.6) is 11.5 Å². The van der Waals surface area contributed by atoms with Crippen LogP contribution >= 0.6 is 0 Å². The first-order valence-electron chi connectivity index (χ1n) is 15.3. The van der Waals surface area contributed by atoms with Crippen LogP contribution in [0.15, 0.2) is 71.6 Å². The van der Waals surface area contributed by atoms with E-state index in [0.717, 1.165) is 40.9 Å². The molecule has 1 heterocycles. The zero-order valence-electron chi connectivity index (χ0n) is 26.6. The van der Waals surface area contributed by atoms with Gasteiger partial charge in [0, 0.05) is 66.0 Å². The molecule has 0 saturated carbocycles. The Balaban J connectivity index is 1.65. The highest BCUT2D eigenvalue weighted by Crippen LogP contribution is 2.54. The Morgan fingerprint density at radius 3 is 2.02 bits per heavy atom. The quantitative estimate of drug-likeness (QED) is 0.166. The average molecular weight is 599 g/mol. The highest BCUT2D eigenvalue weighted by atomic mass is 16.6. The topological polar surface area (TPSA) is 99.0 Å². The predicted octanol–water partition coefficient (Wildman–Crippen LogP) is 7.62. The molecule has 0 saturated heterocycles. The zero-order valence-corrected chi connectivity index (χ0v) is 26.6. The molecule has 5 rings (SSSR count). The van der Waals surface area contributed by atoms with Gasteiger partial charge in [-0.2, -0.15) is 0 Å². The van der Waals surface area contributed by atoms with Crippen molar-refractivity contribution in [1.29, 1.82) is 0 Å². The van der Waals surface area contributed by atoms with Crippen molar-refractivity contribution in [3.8, 4) is 11.5 Å². The fraction of sp³-hybridized carbons (Fsp3) is 0.444. The van der Waals surface area contributed by atoms with Crippen molar-refractivity contribution in [3.05, 3.63) is 98.4 Å². The number of carbonyl (C=O) groups excluding carboxylic acids is 2. The SMILES string of the molecule is C=CCc1cc(C2C3=C(CC(C)(C)CC3=O)N(C)C3=C2C(=O)CC(C)(C)C3)cc(OCC)c1OCc1ccc([N+](=O)[O-])cc1. The fourth-order valence-electron chi connectivity index (χ4n) is 6.95. The third kappa shape index (κ3) is 5.94. The minimum atomic E-state index is -0.491. The third-order valence-electron chi connectivity index (χ3n) is 8.86. The number of allylic oxidation sites excluding steroid dienone is 5. The summed E-state index contributed by atoms with van der Waals surface area (Å²) in [6.07, 6.45) is 4.62. The average Bonchev–Trinajstić information content (AvgIpc) is 2.93. The van der Waals surface area contributed by atoms with Crippen molar-refractivity contribution in [2.45, 2.75) is 79.2 Å². The van der Waals surface area contributed by atoms with Crippen molar-refractivity contribution >= 4 is 17.3 Å². The molecule has 0 amide bonds. The van der Waals surface area contributed by atoms with Gasteiger partial charge in [0.2, 0.25) is 0 Å². The van der Waals surface area contributed by atoms with Gasteiger partial charge < -0.3 is 14.4 Å². The van der Waals surface area contributed by atoms with E-state index in [0.29, 0.717) is 48.5 Å². The van der Waals surface area contributed by atoms with Crippen LogP contribution in [0.2, 0.25) is 0 Å². The highest BCUT2D eigenvalue weighted by Gasteiger charge is 2.48. The molecule has 0 unspecified atom stereocenters. The number of nitro groups is 1. The molecule has 2 aromatic rings. The number of hydrogen-bond acceptors (Lipinski definition) is 7. The van der Waals surface area contributed by atoms with Gasteiger partial charge in [0.25, 0.3) is 5.69 Å². The van der Waals surface area contributed by atoms with E-state index in [-0.39, 0.29) is 34.7 Å². The molecule has 2 aromatic carbocycles. The van der Waals surface area contributed by atoms with Gasteiger partial charge in [0.1, 0.15) is 6.61 Å². The fourth-order valence-corrected chi connectivity index (χ4v) is 6.95. The molecule has 232 valence electrons. The summed E-state index contributed by atoms with van der Waals surface area (Å²) >= 11 is 0. The summed E-state index contributed by atoms with van der Waals surface area (Å²) in [7, 11) is 2.01. The number of ketones is 2. The normalized spacial score (nSPS) is 19.5. The number of carbonyl (C=O) groups is 2. The Morgan fingerprint density at radius 1 is 0.955 bits per heavy atom. The summed E-state index contributed by atoms with van der Waals surface area (Å²) < 4.78 is 12.5. The maximum absolute atomic E-state index is 14.0. The lowest BCUT2D eigenvalue weighted by atomic mass is 9.63. The highest BCUT2D eigenvalue weighted by molar-refractivity contribution is 6.06. The molecule has 0 N–H and O–H groups in total. The van der Waals surface area contributed by atoms with E-state index in [1.807, 2.05) is 26.1 Å². The van der Waals surface area contributed by atoms with Crippen LogP contribution in [0.25, 0.3) is 0 Å². The maximum Gasteiger partial charge on any atom is 0.269 e. The Bertz CT molecular complexity index is 1540. The van der Waals surface area contributed by atoms with E-state index in [2.05, 4.69) is 39.2 Å². The number of ether oxygens (including phenoxy) is 2. The summed E-state index contributed by atoms with van der Waals surface area (Å²) in [5, 5.41) is 11.1. The third-order valence-corrected chi connectivity index (χ3v) is 8.86. The molecular formula is C36H42N2O6. The van der Waals surface area contributed by atoms with E-state index < -0.39 is 10.8 Å². The summed E-state index contributed by atoms with van der Waals surface area (Å²) in [5.74, 6) is 0.754. The lowest BCUT2D eigenvalue weighted by Crippen LogP contribution is -2.43. The van der Waals surface area contributed by atoms with E-state index >= 15 is 0 Å². The first-order valence-corrected chi connectivity index (χ1v) is 15.3. The molecular weight excluding hydrogens is 556 g/mol. The standard InChI is InChI=1S/C36H42N2O6/c1-8-10-23-15-24(16-30(43-9-2)34(23)44-21-22-11-13-25(14-12-22)38(41)42)31-32-26(17-35(3,4)19-28(32)39)37(7)27-18-36(5,6)20-29(40)33(27)31/h8,11-16,31H,1,9-10,17-21H2,2-7H3. The van der Waals surface area contributed by atoms with Crippen LogP contribution < -0.4 is 9.47 Å². The molecule has 8 nitrogen and oxygen atoms in total. The first-order chi connectivity index (χ1) is 20.7. The largest absolute Gasteiger partial charge is 0.490 e. The Labute approximate surface area is 259 Å². The molecule has 8 heteroatoms. The number of Topliss-reactive ketones (excluding diaryl/α,β-unsaturated/α-hetero) is 2. The lowest BCUT2D eigenvalue weighted by Gasteiger charge is -2.48. The van der Waals surface area contributed by atoms with Gasteiger partial charge in [0.15, 0.2) is 23.1 Å². The van der Waals surface area contributed by atoms with Gasteiger partial charge >= 0.3 is 0 Å². The zero-order chi connectivity index (χ0) is 32.0. The first kappa shape index (κ1) is 31.2. The van der Waals surface area contributed by atoms with Crippen LogP contribution in [0, 0.1) is 20.9 Å². The van der Waals surface area contributed by atoms with E-state index in [4.69, 9.17) is 9.47 Å². The number of rotatable bonds is 9. The maximum atomic E-state index is 14.0. The van der Waals surface area contributed by atoms with Crippen LogP contribution in [-0.2, 0) is 22.6 Å². The molecule has 0 atom stereocenters. The summed E-state index contributed by atoms with van der Waals surface area (Å²) in [5.41, 5.74) is 5.53. The van der Waals surface area contributed by atoms with E-state index in [1.165, 1.54) is 12.1 Å². The molecule has 0 spiro atoms. The molecule has 0 bridgehead atoms. The van der Waals surface area contributed by atoms with Crippen molar-refractivity contribution in [1.82, 2.24) is 4.90 Å². The molecule has 2 aliphatic carbocycles. The van der Waals surface area contributed by atoms with Crippen molar-refractivity contribution < 1.29 is 24.0 Å². The van der Waals surface area contributed by atoms with E-state index in [1.54, 1.807) is 18.2 Å². The Kier molecular flexibility index (Phi) is 8.31. The minimum absolute atomic E-state index is 0.0159. The number of benzene rings is 2. The summed E-state index contributed by atoms with van der Waals surface area (Å²) in [4.78, 5) is 40.7. The second kappa shape index (κ2) is 11.7. The molecule has 0 fully saturated rings. The van der Waals surface area contributed by atoms with Crippen molar-refractivity contribution in [2.24, 2.45) is 10.8 Å². The molecule has 1 aliphatic heterocycles. The van der Waals surface area contributed by atoms with Crippen LogP contribution in [0.4, 0.5) is 5.69 Å². The predicted molar refractivity (Wildman–Crippen MR) is 170 cm³/mol. The number of nitro benzene ring substituents is 1. The Morgan fingerprint density at radius 2 is 1.52 bits per heavy atom. The summed E-state index contributed by atoms with van der Waals surface area (Å²) in [6, 6.07) is 10.2.